The minimum atomic E-state index is -3.69. The summed E-state index contributed by atoms with van der Waals surface area (Å²) >= 11 is 0. The summed E-state index contributed by atoms with van der Waals surface area (Å²) in [4.78, 5) is 12.3. The molecular formula is C17H17F3N2O3S. The molecule has 0 aliphatic heterocycles. The Morgan fingerprint density at radius 1 is 1.19 bits per heavy atom. The van der Waals surface area contributed by atoms with E-state index in [0.29, 0.717) is 12.8 Å². The molecule has 2 aliphatic carbocycles. The van der Waals surface area contributed by atoms with Gasteiger partial charge in [-0.15, -0.1) is 0 Å². The number of hydrogen-bond donors (Lipinski definition) is 2. The second kappa shape index (κ2) is 6.79. The fraction of sp³-hybridized carbons (Fsp3) is 0.353. The SMILES string of the molecule is CC1C(NC(=O)c2ccc(F)c(NS(=O)(=O)C3CC3)c2)=CC=C(F)C1F. The maximum Gasteiger partial charge on any atom is 0.255 e. The maximum absolute atomic E-state index is 13.9. The number of amides is 1. The molecule has 2 N–H and O–H groups in total. The van der Waals surface area contributed by atoms with Crippen LogP contribution in [0, 0.1) is 11.7 Å². The van der Waals surface area contributed by atoms with Crippen molar-refractivity contribution in [2.75, 3.05) is 4.72 Å². The lowest BCUT2D eigenvalue weighted by Gasteiger charge is -2.22. The van der Waals surface area contributed by atoms with Crippen molar-refractivity contribution in [2.24, 2.45) is 5.92 Å². The number of alkyl halides is 1. The van der Waals surface area contributed by atoms with Gasteiger partial charge in [0.25, 0.3) is 5.91 Å². The van der Waals surface area contributed by atoms with Crippen molar-refractivity contribution >= 4 is 21.6 Å². The third kappa shape index (κ3) is 3.77. The number of allylic oxidation sites excluding steroid dienone is 4. The summed E-state index contributed by atoms with van der Waals surface area (Å²) in [7, 11) is -3.69. The Balaban J connectivity index is 1.79. The van der Waals surface area contributed by atoms with E-state index in [2.05, 4.69) is 10.0 Å². The van der Waals surface area contributed by atoms with E-state index in [9.17, 15) is 26.4 Å². The second-order valence-electron chi connectivity index (χ2n) is 6.36. The minimum Gasteiger partial charge on any atom is -0.325 e. The molecule has 1 amide bonds. The number of sulfonamides is 1. The average molecular weight is 386 g/mol. The highest BCUT2D eigenvalue weighted by atomic mass is 32.2. The third-order valence-corrected chi connectivity index (χ3v) is 6.17. The zero-order valence-corrected chi connectivity index (χ0v) is 14.6. The summed E-state index contributed by atoms with van der Waals surface area (Å²) in [6.07, 6.45) is 1.35. The van der Waals surface area contributed by atoms with E-state index in [1.807, 2.05) is 0 Å². The standard InChI is InChI=1S/C17H17F3N2O3S/c1-9-14(7-6-13(19)16(9)20)21-17(23)10-2-5-12(18)15(8-10)22-26(24,25)11-3-4-11/h2,5-9,11,16,22H,3-4H2,1H3,(H,21,23). The molecule has 1 fully saturated rings. The molecule has 2 unspecified atom stereocenters. The molecule has 3 rings (SSSR count). The summed E-state index contributed by atoms with van der Waals surface area (Å²) in [5.41, 5.74) is -0.170. The van der Waals surface area contributed by atoms with E-state index in [1.54, 1.807) is 0 Å². The van der Waals surface area contributed by atoms with E-state index in [-0.39, 0.29) is 16.9 Å². The molecule has 9 heteroatoms. The molecule has 0 spiro atoms. The monoisotopic (exact) mass is 386 g/mol. The van der Waals surface area contributed by atoms with Crippen molar-refractivity contribution in [3.8, 4) is 0 Å². The van der Waals surface area contributed by atoms with Gasteiger partial charge in [0.1, 0.15) is 11.6 Å². The van der Waals surface area contributed by atoms with Crippen LogP contribution in [-0.4, -0.2) is 25.7 Å². The molecule has 140 valence electrons. The fourth-order valence-corrected chi connectivity index (χ4v) is 3.91. The zero-order valence-electron chi connectivity index (χ0n) is 13.8. The van der Waals surface area contributed by atoms with Crippen molar-refractivity contribution in [1.29, 1.82) is 0 Å². The molecular weight excluding hydrogens is 369 g/mol. The molecule has 26 heavy (non-hydrogen) atoms. The van der Waals surface area contributed by atoms with Gasteiger partial charge in [0.2, 0.25) is 10.0 Å². The molecule has 0 bridgehead atoms. The smallest absolute Gasteiger partial charge is 0.255 e. The van der Waals surface area contributed by atoms with Crippen LogP contribution in [0.15, 0.2) is 41.9 Å². The van der Waals surface area contributed by atoms with E-state index in [1.165, 1.54) is 19.1 Å². The van der Waals surface area contributed by atoms with Crippen LogP contribution in [-0.2, 0) is 10.0 Å². The number of carbonyl (C=O) groups excluding carboxylic acids is 1. The molecule has 1 aromatic rings. The zero-order chi connectivity index (χ0) is 19.1. The van der Waals surface area contributed by atoms with Crippen molar-refractivity contribution in [2.45, 2.75) is 31.2 Å². The third-order valence-electron chi connectivity index (χ3n) is 4.32. The van der Waals surface area contributed by atoms with Crippen LogP contribution < -0.4 is 10.0 Å². The lowest BCUT2D eigenvalue weighted by atomic mass is 9.96. The highest BCUT2D eigenvalue weighted by Crippen LogP contribution is 2.31. The number of rotatable bonds is 5. The number of anilines is 1. The molecule has 0 aromatic heterocycles. The van der Waals surface area contributed by atoms with Crippen LogP contribution in [0.25, 0.3) is 0 Å². The first-order valence-electron chi connectivity index (χ1n) is 8.03. The molecule has 2 atom stereocenters. The van der Waals surface area contributed by atoms with E-state index in [4.69, 9.17) is 0 Å². The number of hydrogen-bond acceptors (Lipinski definition) is 3. The van der Waals surface area contributed by atoms with Crippen LogP contribution >= 0.6 is 0 Å². The van der Waals surface area contributed by atoms with Gasteiger partial charge in [0.15, 0.2) is 6.17 Å². The molecule has 2 aliphatic rings. The van der Waals surface area contributed by atoms with Crippen LogP contribution in [0.1, 0.15) is 30.1 Å². The first kappa shape index (κ1) is 18.5. The van der Waals surface area contributed by atoms with Gasteiger partial charge in [-0.05, 0) is 43.2 Å². The Hall–Kier alpha value is -2.29. The van der Waals surface area contributed by atoms with Crippen molar-refractivity contribution in [3.63, 3.8) is 0 Å². The number of benzene rings is 1. The number of nitrogens with one attached hydrogen (secondary N) is 2. The van der Waals surface area contributed by atoms with Crippen molar-refractivity contribution in [1.82, 2.24) is 5.32 Å². The van der Waals surface area contributed by atoms with E-state index < -0.39 is 44.9 Å². The average Bonchev–Trinajstić information content (AvgIpc) is 3.42. The molecule has 1 aromatic carbocycles. The van der Waals surface area contributed by atoms with Gasteiger partial charge in [-0.1, -0.05) is 6.92 Å². The first-order chi connectivity index (χ1) is 12.2. The second-order valence-corrected chi connectivity index (χ2v) is 8.32. The van der Waals surface area contributed by atoms with Crippen molar-refractivity contribution in [3.05, 3.63) is 53.3 Å². The molecule has 1 saturated carbocycles. The number of halogens is 3. The number of carbonyl (C=O) groups is 1. The lowest BCUT2D eigenvalue weighted by Crippen LogP contribution is -2.32. The minimum absolute atomic E-state index is 0.0153. The predicted octanol–water partition coefficient (Wildman–Crippen LogP) is 3.18. The quantitative estimate of drug-likeness (QED) is 0.816. The normalized spacial score (nSPS) is 23.1. The van der Waals surface area contributed by atoms with Gasteiger partial charge in [0.05, 0.1) is 10.9 Å². The first-order valence-corrected chi connectivity index (χ1v) is 9.57. The lowest BCUT2D eigenvalue weighted by molar-refractivity contribution is 0.0957. The summed E-state index contributed by atoms with van der Waals surface area (Å²) in [5.74, 6) is -3.31. The van der Waals surface area contributed by atoms with Gasteiger partial charge in [-0.3, -0.25) is 9.52 Å². The Morgan fingerprint density at radius 2 is 1.88 bits per heavy atom. The van der Waals surface area contributed by atoms with Gasteiger partial charge in [0, 0.05) is 17.2 Å². The Kier molecular flexibility index (Phi) is 4.83. The Labute approximate surface area is 149 Å². The fourth-order valence-electron chi connectivity index (χ4n) is 2.53. The van der Waals surface area contributed by atoms with Crippen molar-refractivity contribution < 1.29 is 26.4 Å². The summed E-state index contributed by atoms with van der Waals surface area (Å²) in [5, 5.41) is 1.91. The van der Waals surface area contributed by atoms with Gasteiger partial charge >= 0.3 is 0 Å². The topological polar surface area (TPSA) is 75.3 Å². The predicted molar refractivity (Wildman–Crippen MR) is 90.8 cm³/mol. The van der Waals surface area contributed by atoms with E-state index in [0.717, 1.165) is 18.2 Å². The highest BCUT2D eigenvalue weighted by Gasteiger charge is 2.36. The van der Waals surface area contributed by atoms with Crippen LogP contribution in [0.3, 0.4) is 0 Å². The van der Waals surface area contributed by atoms with E-state index >= 15 is 0 Å². The summed E-state index contributed by atoms with van der Waals surface area (Å²) in [6, 6.07) is 3.22. The molecule has 0 saturated heterocycles. The Bertz CT molecular complexity index is 908. The maximum atomic E-state index is 13.9. The summed E-state index contributed by atoms with van der Waals surface area (Å²) in [6.45, 7) is 1.42. The van der Waals surface area contributed by atoms with Crippen LogP contribution in [0.2, 0.25) is 0 Å². The largest absolute Gasteiger partial charge is 0.325 e. The Morgan fingerprint density at radius 3 is 2.54 bits per heavy atom. The van der Waals surface area contributed by atoms with Crippen LogP contribution in [0.4, 0.5) is 18.9 Å². The van der Waals surface area contributed by atoms with Gasteiger partial charge in [-0.25, -0.2) is 21.6 Å². The molecule has 5 nitrogen and oxygen atoms in total. The molecule has 0 heterocycles. The highest BCUT2D eigenvalue weighted by molar-refractivity contribution is 7.93. The van der Waals surface area contributed by atoms with Gasteiger partial charge in [-0.2, -0.15) is 0 Å². The van der Waals surface area contributed by atoms with Crippen LogP contribution in [0.5, 0.6) is 0 Å². The van der Waals surface area contributed by atoms with Gasteiger partial charge < -0.3 is 5.32 Å². The molecule has 0 radical (unpaired) electrons. The summed E-state index contributed by atoms with van der Waals surface area (Å²) < 4.78 is 66.9.